The summed E-state index contributed by atoms with van der Waals surface area (Å²) >= 11 is 0. The summed E-state index contributed by atoms with van der Waals surface area (Å²) in [5, 5.41) is 5.99. The minimum atomic E-state index is -3.48. The number of morpholine rings is 1. The highest BCUT2D eigenvalue weighted by Gasteiger charge is 2.45. The SMILES string of the molecule is C[C@H]1COCCN1c1cc(C2(S(C)(=O)=O)CCNCC2)nc(-c2ccc(NC(=O)Oc3ccccc3)cc2)n1. The molecule has 2 N–H and O–H groups in total. The number of aromatic nitrogens is 2. The second-order valence-electron chi connectivity index (χ2n) is 9.97. The zero-order valence-corrected chi connectivity index (χ0v) is 22.9. The van der Waals surface area contributed by atoms with E-state index in [1.807, 2.05) is 12.1 Å². The Balaban J connectivity index is 1.48. The van der Waals surface area contributed by atoms with Crippen molar-refractivity contribution < 1.29 is 22.7 Å². The minimum Gasteiger partial charge on any atom is -0.410 e. The number of piperidine rings is 1. The Bertz CT molecular complexity index is 1410. The molecule has 0 radical (unpaired) electrons. The van der Waals surface area contributed by atoms with Gasteiger partial charge in [-0.25, -0.2) is 23.2 Å². The molecule has 3 heterocycles. The molecule has 0 saturated carbocycles. The standard InChI is InChI=1S/C28H33N5O5S/c1-20-19-37-17-16-33(20)25-18-24(28(39(2,35)36)12-14-29-15-13-28)31-26(32-25)21-8-10-22(11-9-21)30-27(34)38-23-6-4-3-5-7-23/h3-11,18,20,29H,12-17,19H2,1-2H3,(H,30,34)/t20-/m0/s1. The number of anilines is 2. The number of sulfone groups is 1. The summed E-state index contributed by atoms with van der Waals surface area (Å²) in [5.41, 5.74) is 1.77. The van der Waals surface area contributed by atoms with Crippen LogP contribution in [0.1, 0.15) is 25.5 Å². The smallest absolute Gasteiger partial charge is 0.410 e. The van der Waals surface area contributed by atoms with Gasteiger partial charge in [0.05, 0.1) is 24.9 Å². The summed E-state index contributed by atoms with van der Waals surface area (Å²) in [4.78, 5) is 24.2. The summed E-state index contributed by atoms with van der Waals surface area (Å²) < 4.78 is 36.2. The summed E-state index contributed by atoms with van der Waals surface area (Å²) in [5.74, 6) is 1.56. The number of amides is 1. The van der Waals surface area contributed by atoms with Crippen molar-refractivity contribution in [2.24, 2.45) is 0 Å². The van der Waals surface area contributed by atoms with Crippen LogP contribution in [0.5, 0.6) is 5.75 Å². The molecule has 0 unspecified atom stereocenters. The monoisotopic (exact) mass is 551 g/mol. The number of carbonyl (C=O) groups excluding carboxylic acids is 1. The molecule has 2 fully saturated rings. The number of rotatable bonds is 6. The van der Waals surface area contributed by atoms with Gasteiger partial charge in [-0.3, -0.25) is 5.32 Å². The zero-order valence-electron chi connectivity index (χ0n) is 22.1. The normalized spacial score (nSPS) is 19.3. The number of para-hydroxylation sites is 1. The van der Waals surface area contributed by atoms with Gasteiger partial charge in [0.2, 0.25) is 0 Å². The lowest BCUT2D eigenvalue weighted by Gasteiger charge is -2.38. The number of hydrogen-bond donors (Lipinski definition) is 2. The van der Waals surface area contributed by atoms with Crippen LogP contribution in [-0.4, -0.2) is 69.6 Å². The topological polar surface area (TPSA) is 123 Å². The predicted molar refractivity (Wildman–Crippen MR) is 150 cm³/mol. The molecule has 1 atom stereocenters. The molecule has 0 spiro atoms. The first-order valence-electron chi connectivity index (χ1n) is 13.0. The molecule has 3 aromatic rings. The van der Waals surface area contributed by atoms with Crippen LogP contribution in [0.4, 0.5) is 16.3 Å². The molecular weight excluding hydrogens is 518 g/mol. The zero-order chi connectivity index (χ0) is 27.5. The molecule has 2 aliphatic heterocycles. The van der Waals surface area contributed by atoms with Gasteiger partial charge in [0.15, 0.2) is 15.7 Å². The number of nitrogens with one attached hydrogen (secondary N) is 2. The number of hydrogen-bond acceptors (Lipinski definition) is 9. The second-order valence-corrected chi connectivity index (χ2v) is 12.3. The number of benzene rings is 2. The van der Waals surface area contributed by atoms with E-state index in [0.29, 0.717) is 80.0 Å². The van der Waals surface area contributed by atoms with Crippen molar-refractivity contribution in [2.75, 3.05) is 49.3 Å². The molecule has 0 aliphatic carbocycles. The Morgan fingerprint density at radius 3 is 2.49 bits per heavy atom. The number of carbonyl (C=O) groups is 1. The molecule has 5 rings (SSSR count). The Kier molecular flexibility index (Phi) is 7.83. The van der Waals surface area contributed by atoms with Crippen LogP contribution >= 0.6 is 0 Å². The van der Waals surface area contributed by atoms with Crippen molar-refractivity contribution in [2.45, 2.75) is 30.6 Å². The van der Waals surface area contributed by atoms with E-state index in [-0.39, 0.29) is 6.04 Å². The van der Waals surface area contributed by atoms with Gasteiger partial charge < -0.3 is 19.7 Å². The first kappa shape index (κ1) is 27.0. The molecule has 1 amide bonds. The fourth-order valence-electron chi connectivity index (χ4n) is 5.10. The third kappa shape index (κ3) is 5.90. The lowest BCUT2D eigenvalue weighted by Crippen LogP contribution is -2.47. The van der Waals surface area contributed by atoms with E-state index in [4.69, 9.17) is 19.4 Å². The van der Waals surface area contributed by atoms with Crippen LogP contribution in [-0.2, 0) is 19.3 Å². The van der Waals surface area contributed by atoms with Gasteiger partial charge >= 0.3 is 6.09 Å². The maximum Gasteiger partial charge on any atom is 0.417 e. The molecule has 39 heavy (non-hydrogen) atoms. The van der Waals surface area contributed by atoms with E-state index in [1.165, 1.54) is 6.26 Å². The Labute approximate surface area is 228 Å². The van der Waals surface area contributed by atoms with Gasteiger partial charge in [0.1, 0.15) is 16.3 Å². The molecule has 206 valence electrons. The van der Waals surface area contributed by atoms with Crippen LogP contribution in [0.2, 0.25) is 0 Å². The van der Waals surface area contributed by atoms with Gasteiger partial charge in [-0.1, -0.05) is 18.2 Å². The van der Waals surface area contributed by atoms with Gasteiger partial charge in [0, 0.05) is 30.1 Å². The maximum atomic E-state index is 13.2. The van der Waals surface area contributed by atoms with E-state index in [1.54, 1.807) is 48.5 Å². The largest absolute Gasteiger partial charge is 0.417 e. The predicted octanol–water partition coefficient (Wildman–Crippen LogP) is 3.60. The van der Waals surface area contributed by atoms with Crippen molar-refractivity contribution in [1.29, 1.82) is 0 Å². The molecule has 2 aromatic carbocycles. The third-order valence-electron chi connectivity index (χ3n) is 7.31. The molecular formula is C28H33N5O5S. The van der Waals surface area contributed by atoms with Crippen molar-refractivity contribution in [3.05, 3.63) is 66.4 Å². The van der Waals surface area contributed by atoms with E-state index in [9.17, 15) is 13.2 Å². The van der Waals surface area contributed by atoms with Crippen LogP contribution < -0.4 is 20.3 Å². The van der Waals surface area contributed by atoms with Crippen LogP contribution in [0.25, 0.3) is 11.4 Å². The van der Waals surface area contributed by atoms with Crippen LogP contribution in [0.3, 0.4) is 0 Å². The average Bonchev–Trinajstić information content (AvgIpc) is 2.94. The van der Waals surface area contributed by atoms with Gasteiger partial charge in [-0.2, -0.15) is 0 Å². The lowest BCUT2D eigenvalue weighted by molar-refractivity contribution is 0.0985. The minimum absolute atomic E-state index is 0.0822. The highest BCUT2D eigenvalue weighted by molar-refractivity contribution is 7.91. The summed E-state index contributed by atoms with van der Waals surface area (Å²) in [6.07, 6.45) is 1.57. The van der Waals surface area contributed by atoms with E-state index < -0.39 is 20.7 Å². The molecule has 2 saturated heterocycles. The van der Waals surface area contributed by atoms with Gasteiger partial charge in [-0.05, 0) is 69.3 Å². The second kappa shape index (κ2) is 11.3. The van der Waals surface area contributed by atoms with Crippen LogP contribution in [0, 0.1) is 0 Å². The van der Waals surface area contributed by atoms with Crippen molar-refractivity contribution in [3.8, 4) is 17.1 Å². The fraction of sp³-hybridized carbons (Fsp3) is 0.393. The molecule has 10 nitrogen and oxygen atoms in total. The first-order chi connectivity index (χ1) is 18.7. The van der Waals surface area contributed by atoms with Crippen molar-refractivity contribution in [3.63, 3.8) is 0 Å². The molecule has 11 heteroatoms. The lowest BCUT2D eigenvalue weighted by atomic mass is 9.92. The van der Waals surface area contributed by atoms with Crippen molar-refractivity contribution in [1.82, 2.24) is 15.3 Å². The summed E-state index contributed by atoms with van der Waals surface area (Å²) in [7, 11) is -3.48. The highest BCUT2D eigenvalue weighted by atomic mass is 32.2. The quantitative estimate of drug-likeness (QED) is 0.473. The maximum absolute atomic E-state index is 13.2. The fourth-order valence-corrected chi connectivity index (χ4v) is 6.53. The van der Waals surface area contributed by atoms with Gasteiger partial charge in [-0.15, -0.1) is 0 Å². The van der Waals surface area contributed by atoms with E-state index in [2.05, 4.69) is 22.5 Å². The average molecular weight is 552 g/mol. The Hall–Kier alpha value is -3.54. The van der Waals surface area contributed by atoms with E-state index >= 15 is 0 Å². The Morgan fingerprint density at radius 2 is 1.82 bits per heavy atom. The number of ether oxygens (including phenoxy) is 2. The molecule has 2 aliphatic rings. The first-order valence-corrected chi connectivity index (χ1v) is 14.9. The van der Waals surface area contributed by atoms with Crippen molar-refractivity contribution >= 4 is 27.4 Å². The highest BCUT2D eigenvalue weighted by Crippen LogP contribution is 2.39. The summed E-state index contributed by atoms with van der Waals surface area (Å²) in [6.45, 7) is 5.03. The number of nitrogens with zero attached hydrogens (tertiary/aromatic N) is 3. The Morgan fingerprint density at radius 1 is 1.10 bits per heavy atom. The summed E-state index contributed by atoms with van der Waals surface area (Å²) in [6, 6.07) is 17.8. The van der Waals surface area contributed by atoms with E-state index in [0.717, 1.165) is 0 Å². The van der Waals surface area contributed by atoms with Gasteiger partial charge in [0.25, 0.3) is 0 Å². The van der Waals surface area contributed by atoms with Crippen LogP contribution in [0.15, 0.2) is 60.7 Å². The third-order valence-corrected chi connectivity index (χ3v) is 9.34. The molecule has 0 bridgehead atoms. The molecule has 1 aromatic heterocycles.